The molecule has 0 aromatic heterocycles. The summed E-state index contributed by atoms with van der Waals surface area (Å²) < 4.78 is 24.3. The lowest BCUT2D eigenvalue weighted by atomic mass is 10.1. The van der Waals surface area contributed by atoms with Gasteiger partial charge in [-0.2, -0.15) is 0 Å². The largest absolute Gasteiger partial charge is 0.488 e. The summed E-state index contributed by atoms with van der Waals surface area (Å²) in [6.07, 6.45) is 0.955. The number of nitrogens with two attached hydrogens (primary N) is 1. The Kier molecular flexibility index (Phi) is 5.18. The molecule has 0 saturated carbocycles. The summed E-state index contributed by atoms with van der Waals surface area (Å²) in [5.74, 6) is 0.370. The number of hydrogen-bond donors (Lipinski definition) is 1. The molecule has 0 unspecified atom stereocenters. The summed E-state index contributed by atoms with van der Waals surface area (Å²) in [7, 11) is 0. The number of benzene rings is 1. The summed E-state index contributed by atoms with van der Waals surface area (Å²) in [4.78, 5) is 0. The van der Waals surface area contributed by atoms with Crippen LogP contribution < -0.4 is 10.5 Å². The van der Waals surface area contributed by atoms with Crippen LogP contribution in [0.3, 0.4) is 0 Å². The van der Waals surface area contributed by atoms with Crippen molar-refractivity contribution in [3.63, 3.8) is 0 Å². The van der Waals surface area contributed by atoms with Crippen LogP contribution >= 0.6 is 12.4 Å². The van der Waals surface area contributed by atoms with Crippen LogP contribution in [0.2, 0.25) is 0 Å². The molecule has 0 radical (unpaired) electrons. The third-order valence-electron chi connectivity index (χ3n) is 2.65. The molecule has 1 aliphatic rings. The van der Waals surface area contributed by atoms with Crippen molar-refractivity contribution in [2.75, 3.05) is 13.2 Å². The topological polar surface area (TPSA) is 44.5 Å². The van der Waals surface area contributed by atoms with E-state index in [0.717, 1.165) is 13.0 Å². The molecule has 1 aliphatic heterocycles. The van der Waals surface area contributed by atoms with Crippen LogP contribution in [0, 0.1) is 5.82 Å². The normalized spacial score (nSPS) is 20.8. The van der Waals surface area contributed by atoms with Gasteiger partial charge in [0.25, 0.3) is 0 Å². The number of hydrogen-bond acceptors (Lipinski definition) is 3. The second kappa shape index (κ2) is 6.19. The molecule has 1 saturated heterocycles. The van der Waals surface area contributed by atoms with E-state index < -0.39 is 0 Å². The van der Waals surface area contributed by atoms with E-state index in [1.807, 2.05) is 0 Å². The van der Waals surface area contributed by atoms with Gasteiger partial charge in [-0.1, -0.05) is 0 Å². The fourth-order valence-corrected chi connectivity index (χ4v) is 1.74. The Morgan fingerprint density at radius 2 is 2.29 bits per heavy atom. The Morgan fingerprint density at radius 1 is 1.53 bits per heavy atom. The SMILES string of the molecule is C[C@H](N)c1cc(O[C@@H]2CCOC2)ccc1F.Cl. The zero-order valence-electron chi connectivity index (χ0n) is 9.69. The van der Waals surface area contributed by atoms with Gasteiger partial charge < -0.3 is 15.2 Å². The predicted octanol–water partition coefficient (Wildman–Crippen LogP) is 2.43. The van der Waals surface area contributed by atoms with E-state index in [4.69, 9.17) is 15.2 Å². The van der Waals surface area contributed by atoms with Crippen LogP contribution in [0.25, 0.3) is 0 Å². The average molecular weight is 262 g/mol. The van der Waals surface area contributed by atoms with Crippen LogP contribution in [0.4, 0.5) is 4.39 Å². The highest BCUT2D eigenvalue weighted by Crippen LogP contribution is 2.23. The summed E-state index contributed by atoms with van der Waals surface area (Å²) in [5.41, 5.74) is 6.15. The van der Waals surface area contributed by atoms with Crippen molar-refractivity contribution >= 4 is 12.4 Å². The minimum absolute atomic E-state index is 0. The van der Waals surface area contributed by atoms with E-state index in [0.29, 0.717) is 17.9 Å². The molecule has 0 bridgehead atoms. The molecular formula is C12H17ClFNO2. The van der Waals surface area contributed by atoms with Gasteiger partial charge in [-0.3, -0.25) is 0 Å². The third kappa shape index (κ3) is 3.56. The minimum atomic E-state index is -0.330. The minimum Gasteiger partial charge on any atom is -0.488 e. The standard InChI is InChI=1S/C12H16FNO2.ClH/c1-8(14)11-6-9(2-3-12(11)13)16-10-4-5-15-7-10;/h2-3,6,8,10H,4-5,7,14H2,1H3;1H/t8-,10+;/m0./s1. The molecule has 96 valence electrons. The summed E-state index contributed by atoms with van der Waals surface area (Å²) in [5, 5.41) is 0. The first-order chi connectivity index (χ1) is 7.66. The van der Waals surface area contributed by atoms with Gasteiger partial charge in [0.15, 0.2) is 0 Å². The Morgan fingerprint density at radius 3 is 2.88 bits per heavy atom. The Bertz CT molecular complexity index is 368. The van der Waals surface area contributed by atoms with Crippen molar-refractivity contribution in [3.8, 4) is 5.75 Å². The van der Waals surface area contributed by atoms with E-state index in [1.54, 1.807) is 19.1 Å². The third-order valence-corrected chi connectivity index (χ3v) is 2.65. The van der Waals surface area contributed by atoms with Crippen molar-refractivity contribution in [1.29, 1.82) is 0 Å². The first-order valence-corrected chi connectivity index (χ1v) is 5.46. The van der Waals surface area contributed by atoms with Crippen molar-refractivity contribution in [3.05, 3.63) is 29.6 Å². The fraction of sp³-hybridized carbons (Fsp3) is 0.500. The fourth-order valence-electron chi connectivity index (χ4n) is 1.74. The molecule has 0 spiro atoms. The van der Waals surface area contributed by atoms with Crippen molar-refractivity contribution < 1.29 is 13.9 Å². The van der Waals surface area contributed by atoms with Gasteiger partial charge in [0.2, 0.25) is 0 Å². The van der Waals surface area contributed by atoms with E-state index in [2.05, 4.69) is 0 Å². The Hall–Kier alpha value is -0.840. The molecule has 2 N–H and O–H groups in total. The van der Waals surface area contributed by atoms with E-state index in [-0.39, 0.29) is 30.4 Å². The second-order valence-electron chi connectivity index (χ2n) is 4.08. The molecule has 0 amide bonds. The van der Waals surface area contributed by atoms with Crippen LogP contribution in [0.1, 0.15) is 24.9 Å². The van der Waals surface area contributed by atoms with Crippen molar-refractivity contribution in [2.45, 2.75) is 25.5 Å². The summed E-state index contributed by atoms with van der Waals surface area (Å²) >= 11 is 0. The molecule has 2 atom stereocenters. The molecule has 0 aliphatic carbocycles. The zero-order chi connectivity index (χ0) is 11.5. The smallest absolute Gasteiger partial charge is 0.128 e. The molecule has 3 nitrogen and oxygen atoms in total. The average Bonchev–Trinajstić information content (AvgIpc) is 2.73. The highest BCUT2D eigenvalue weighted by molar-refractivity contribution is 5.85. The molecule has 1 aromatic rings. The lowest BCUT2D eigenvalue weighted by Crippen LogP contribution is -2.16. The summed E-state index contributed by atoms with van der Waals surface area (Å²) in [6.45, 7) is 3.08. The lowest BCUT2D eigenvalue weighted by Gasteiger charge is -2.14. The van der Waals surface area contributed by atoms with Gasteiger partial charge in [-0.15, -0.1) is 12.4 Å². The van der Waals surface area contributed by atoms with Crippen LogP contribution in [0.5, 0.6) is 5.75 Å². The zero-order valence-corrected chi connectivity index (χ0v) is 10.5. The van der Waals surface area contributed by atoms with E-state index >= 15 is 0 Å². The number of ether oxygens (including phenoxy) is 2. The highest BCUT2D eigenvalue weighted by Gasteiger charge is 2.18. The number of halogens is 2. The highest BCUT2D eigenvalue weighted by atomic mass is 35.5. The quantitative estimate of drug-likeness (QED) is 0.909. The van der Waals surface area contributed by atoms with Gasteiger partial charge >= 0.3 is 0 Å². The molecule has 1 heterocycles. The maximum absolute atomic E-state index is 13.4. The van der Waals surface area contributed by atoms with E-state index in [9.17, 15) is 4.39 Å². The molecule has 1 aromatic carbocycles. The van der Waals surface area contributed by atoms with Gasteiger partial charge in [-0.25, -0.2) is 4.39 Å². The van der Waals surface area contributed by atoms with Crippen molar-refractivity contribution in [1.82, 2.24) is 0 Å². The first-order valence-electron chi connectivity index (χ1n) is 5.46. The Labute approximate surface area is 107 Å². The van der Waals surface area contributed by atoms with Gasteiger partial charge in [0.1, 0.15) is 17.7 Å². The maximum atomic E-state index is 13.4. The van der Waals surface area contributed by atoms with Gasteiger partial charge in [0, 0.05) is 18.0 Å². The lowest BCUT2D eigenvalue weighted by molar-refractivity contribution is 0.141. The molecule has 5 heteroatoms. The maximum Gasteiger partial charge on any atom is 0.128 e. The van der Waals surface area contributed by atoms with E-state index in [1.165, 1.54) is 6.07 Å². The Balaban J connectivity index is 0.00000144. The number of rotatable bonds is 3. The molecule has 2 rings (SSSR count). The van der Waals surface area contributed by atoms with Crippen LogP contribution in [-0.4, -0.2) is 19.3 Å². The molecular weight excluding hydrogens is 245 g/mol. The van der Waals surface area contributed by atoms with Crippen LogP contribution in [0.15, 0.2) is 18.2 Å². The van der Waals surface area contributed by atoms with Crippen molar-refractivity contribution in [2.24, 2.45) is 5.73 Å². The predicted molar refractivity (Wildman–Crippen MR) is 66.1 cm³/mol. The molecule has 1 fully saturated rings. The monoisotopic (exact) mass is 261 g/mol. The van der Waals surface area contributed by atoms with Gasteiger partial charge in [0.05, 0.1) is 13.2 Å². The summed E-state index contributed by atoms with van der Waals surface area (Å²) in [6, 6.07) is 4.35. The first kappa shape index (κ1) is 14.2. The second-order valence-corrected chi connectivity index (χ2v) is 4.08. The molecule has 17 heavy (non-hydrogen) atoms. The van der Waals surface area contributed by atoms with Crippen LogP contribution in [-0.2, 0) is 4.74 Å². The van der Waals surface area contributed by atoms with Gasteiger partial charge in [-0.05, 0) is 25.1 Å².